The van der Waals surface area contributed by atoms with Crippen LogP contribution in [-0.4, -0.2) is 71.4 Å². The summed E-state index contributed by atoms with van der Waals surface area (Å²) in [5, 5.41) is 0. The van der Waals surface area contributed by atoms with Crippen LogP contribution in [0.1, 0.15) is 26.7 Å². The first-order valence-electron chi connectivity index (χ1n) is 7.61. The summed E-state index contributed by atoms with van der Waals surface area (Å²) >= 11 is 0. The van der Waals surface area contributed by atoms with Gasteiger partial charge in [0.2, 0.25) is 6.79 Å². The average molecular weight is 368 g/mol. The van der Waals surface area contributed by atoms with Gasteiger partial charge in [-0.3, -0.25) is 0 Å². The smallest absolute Gasteiger partial charge is 0.449 e. The van der Waals surface area contributed by atoms with Gasteiger partial charge < -0.3 is 29.1 Å². The largest absolute Gasteiger partial charge is 0.472 e. The lowest BCUT2D eigenvalue weighted by molar-refractivity contribution is 0.0162. The topological polar surface area (TPSA) is 126 Å². The van der Waals surface area contributed by atoms with Crippen LogP contribution in [-0.2, 0) is 18.6 Å². The number of phosphoric acid groups is 1. The molecule has 1 rings (SSSR count). The van der Waals surface area contributed by atoms with Crippen LogP contribution in [0.3, 0.4) is 0 Å². The predicted octanol–water partition coefficient (Wildman–Crippen LogP) is 1.38. The molecule has 0 radical (unpaired) electrons. The quantitative estimate of drug-likeness (QED) is 0.510. The molecule has 1 saturated heterocycles. The highest BCUT2D eigenvalue weighted by Gasteiger charge is 2.32. The van der Waals surface area contributed by atoms with Gasteiger partial charge in [0.05, 0.1) is 12.6 Å². The van der Waals surface area contributed by atoms with E-state index in [1.807, 2.05) is 13.8 Å². The molecular weight excluding hydrogens is 343 g/mol. The van der Waals surface area contributed by atoms with E-state index in [0.29, 0.717) is 19.6 Å². The zero-order chi connectivity index (χ0) is 18.3. The Morgan fingerprint density at radius 1 is 1.33 bits per heavy atom. The molecule has 1 aliphatic heterocycles. The van der Waals surface area contributed by atoms with E-state index in [1.54, 1.807) is 7.05 Å². The molecule has 1 atom stereocenters. The molecule has 0 aromatic heterocycles. The molecule has 0 aromatic carbocycles. The van der Waals surface area contributed by atoms with E-state index in [1.165, 1.54) is 9.80 Å². The van der Waals surface area contributed by atoms with Gasteiger partial charge in [0, 0.05) is 20.1 Å². The van der Waals surface area contributed by atoms with Crippen molar-refractivity contribution in [2.24, 2.45) is 5.92 Å². The van der Waals surface area contributed by atoms with Crippen LogP contribution < -0.4 is 0 Å². The number of ether oxygens (including phenoxy) is 2. The van der Waals surface area contributed by atoms with Crippen molar-refractivity contribution < 1.29 is 37.9 Å². The highest BCUT2D eigenvalue weighted by molar-refractivity contribution is 7.46. The Balaban J connectivity index is 2.45. The van der Waals surface area contributed by atoms with Gasteiger partial charge in [-0.2, -0.15) is 0 Å². The fourth-order valence-electron chi connectivity index (χ4n) is 2.23. The van der Waals surface area contributed by atoms with Crippen molar-refractivity contribution in [3.63, 3.8) is 0 Å². The van der Waals surface area contributed by atoms with Gasteiger partial charge in [0.1, 0.15) is 0 Å². The van der Waals surface area contributed by atoms with E-state index in [-0.39, 0.29) is 18.5 Å². The molecular formula is C13H25N2O8P. The Labute approximate surface area is 140 Å². The first kappa shape index (κ1) is 20.7. The van der Waals surface area contributed by atoms with Crippen molar-refractivity contribution in [3.8, 4) is 0 Å². The summed E-state index contributed by atoms with van der Waals surface area (Å²) in [5.41, 5.74) is 0. The van der Waals surface area contributed by atoms with Crippen molar-refractivity contribution in [2.75, 3.05) is 33.5 Å². The normalized spacial score (nSPS) is 17.9. The molecule has 1 unspecified atom stereocenters. The third-order valence-electron chi connectivity index (χ3n) is 3.35. The molecule has 2 N–H and O–H groups in total. The van der Waals surface area contributed by atoms with Crippen molar-refractivity contribution in [2.45, 2.75) is 32.7 Å². The molecule has 1 heterocycles. The molecule has 1 fully saturated rings. The third-order valence-corrected chi connectivity index (χ3v) is 3.79. The molecule has 0 aromatic rings. The number of likely N-dealkylation sites (tertiary alicyclic amines) is 1. The number of likely N-dealkylation sites (N-methyl/N-ethyl adjacent to an activating group) is 1. The molecule has 140 valence electrons. The number of amides is 2. The second kappa shape index (κ2) is 9.22. The number of phosphoric ester groups is 1. The molecule has 0 saturated carbocycles. The zero-order valence-corrected chi connectivity index (χ0v) is 15.0. The molecule has 10 nitrogen and oxygen atoms in total. The molecule has 0 aliphatic carbocycles. The van der Waals surface area contributed by atoms with Crippen LogP contribution >= 0.6 is 7.82 Å². The predicted molar refractivity (Wildman–Crippen MR) is 83.0 cm³/mol. The number of rotatable bonds is 7. The standard InChI is InChI=1S/C13H25N2O8P/c1-10(2)8-21-12(16)14(3)7-11-5-4-6-15(11)13(17)22-9-23-24(18,19)20/h10-11H,4-9H2,1-3H3,(H2,18,19,20). The second-order valence-electron chi connectivity index (χ2n) is 5.99. The summed E-state index contributed by atoms with van der Waals surface area (Å²) in [5.74, 6) is 0.231. The maximum atomic E-state index is 11.9. The summed E-state index contributed by atoms with van der Waals surface area (Å²) in [7, 11) is -3.10. The number of hydrogen-bond acceptors (Lipinski definition) is 6. The summed E-state index contributed by atoms with van der Waals surface area (Å²) < 4.78 is 24.4. The second-order valence-corrected chi connectivity index (χ2v) is 7.23. The van der Waals surface area contributed by atoms with E-state index in [0.717, 1.165) is 6.42 Å². The minimum atomic E-state index is -4.69. The molecule has 0 bridgehead atoms. The van der Waals surface area contributed by atoms with Crippen LogP contribution in [0.5, 0.6) is 0 Å². The summed E-state index contributed by atoms with van der Waals surface area (Å²) in [6, 6.07) is -0.246. The van der Waals surface area contributed by atoms with Crippen molar-refractivity contribution >= 4 is 20.0 Å². The Hall–Kier alpha value is -1.35. The van der Waals surface area contributed by atoms with E-state index < -0.39 is 26.8 Å². The van der Waals surface area contributed by atoms with Gasteiger partial charge in [-0.15, -0.1) is 0 Å². The SMILES string of the molecule is CC(C)COC(=O)N(C)CC1CCCN1C(=O)OCOP(=O)(O)O. The van der Waals surface area contributed by atoms with Crippen LogP contribution in [0.15, 0.2) is 0 Å². The number of carbonyl (C=O) groups excluding carboxylic acids is 2. The molecule has 24 heavy (non-hydrogen) atoms. The fourth-order valence-corrected chi connectivity index (χ4v) is 2.42. The van der Waals surface area contributed by atoms with Crippen molar-refractivity contribution in [1.29, 1.82) is 0 Å². The van der Waals surface area contributed by atoms with E-state index in [9.17, 15) is 14.2 Å². The van der Waals surface area contributed by atoms with Crippen LogP contribution in [0.2, 0.25) is 0 Å². The highest BCUT2D eigenvalue weighted by Crippen LogP contribution is 2.35. The first-order chi connectivity index (χ1) is 11.1. The van der Waals surface area contributed by atoms with Crippen LogP contribution in [0.25, 0.3) is 0 Å². The fraction of sp³-hybridized carbons (Fsp3) is 0.846. The Bertz CT molecular complexity index is 481. The van der Waals surface area contributed by atoms with E-state index >= 15 is 0 Å². The third kappa shape index (κ3) is 7.48. The monoisotopic (exact) mass is 368 g/mol. The average Bonchev–Trinajstić information content (AvgIpc) is 2.91. The minimum Gasteiger partial charge on any atom is -0.449 e. The lowest BCUT2D eigenvalue weighted by Crippen LogP contribution is -2.44. The summed E-state index contributed by atoms with van der Waals surface area (Å²) in [6.07, 6.45) is 0.230. The first-order valence-corrected chi connectivity index (χ1v) is 9.14. The molecule has 2 amide bonds. The van der Waals surface area contributed by atoms with Gasteiger partial charge in [-0.1, -0.05) is 13.8 Å². The van der Waals surface area contributed by atoms with Crippen LogP contribution in [0, 0.1) is 5.92 Å². The van der Waals surface area contributed by atoms with Gasteiger partial charge in [-0.25, -0.2) is 18.7 Å². The Kier molecular flexibility index (Phi) is 7.95. The molecule has 11 heteroatoms. The maximum Gasteiger partial charge on any atom is 0.472 e. The maximum absolute atomic E-state index is 11.9. The van der Waals surface area contributed by atoms with Gasteiger partial charge in [-0.05, 0) is 18.8 Å². The summed E-state index contributed by atoms with van der Waals surface area (Å²) in [4.78, 5) is 43.7. The number of hydrogen-bond donors (Lipinski definition) is 2. The Morgan fingerprint density at radius 2 is 2.00 bits per heavy atom. The van der Waals surface area contributed by atoms with Gasteiger partial charge in [0.15, 0.2) is 0 Å². The van der Waals surface area contributed by atoms with E-state index in [2.05, 4.69) is 4.52 Å². The zero-order valence-electron chi connectivity index (χ0n) is 14.1. The molecule has 1 aliphatic rings. The molecule has 0 spiro atoms. The highest BCUT2D eigenvalue weighted by atomic mass is 31.2. The van der Waals surface area contributed by atoms with Gasteiger partial charge >= 0.3 is 20.0 Å². The van der Waals surface area contributed by atoms with E-state index in [4.69, 9.17) is 19.3 Å². The number of carbonyl (C=O) groups is 2. The Morgan fingerprint density at radius 3 is 2.58 bits per heavy atom. The van der Waals surface area contributed by atoms with Crippen molar-refractivity contribution in [3.05, 3.63) is 0 Å². The number of nitrogens with zero attached hydrogens (tertiary/aromatic N) is 2. The lowest BCUT2D eigenvalue weighted by atomic mass is 10.2. The van der Waals surface area contributed by atoms with Gasteiger partial charge in [0.25, 0.3) is 0 Å². The summed E-state index contributed by atoms with van der Waals surface area (Å²) in [6.45, 7) is 4.07. The lowest BCUT2D eigenvalue weighted by Gasteiger charge is -2.27. The minimum absolute atomic E-state index is 0.231. The van der Waals surface area contributed by atoms with Crippen molar-refractivity contribution in [1.82, 2.24) is 9.80 Å². The van der Waals surface area contributed by atoms with Crippen LogP contribution in [0.4, 0.5) is 9.59 Å².